The van der Waals surface area contributed by atoms with Crippen molar-refractivity contribution in [1.82, 2.24) is 4.98 Å². The first-order valence-electron chi connectivity index (χ1n) is 9.79. The third kappa shape index (κ3) is 5.06. The van der Waals surface area contributed by atoms with Gasteiger partial charge in [-0.3, -0.25) is 0 Å². The maximum atomic E-state index is 13.6. The summed E-state index contributed by atoms with van der Waals surface area (Å²) in [5, 5.41) is 9.03. The van der Waals surface area contributed by atoms with Crippen molar-refractivity contribution in [2.24, 2.45) is 4.36 Å². The number of hydrogen-bond acceptors (Lipinski definition) is 5. The summed E-state index contributed by atoms with van der Waals surface area (Å²) in [5.41, 5.74) is 9.57. The summed E-state index contributed by atoms with van der Waals surface area (Å²) in [6, 6.07) is 9.81. The number of nitrogens with zero attached hydrogens (tertiary/aromatic N) is 2. The Morgan fingerprint density at radius 3 is 2.29 bits per heavy atom. The second-order valence-corrected chi connectivity index (χ2v) is 10.9. The van der Waals surface area contributed by atoms with Gasteiger partial charge in [0.05, 0.1) is 15.4 Å². The van der Waals surface area contributed by atoms with Gasteiger partial charge in [0.2, 0.25) is 0 Å². The van der Waals surface area contributed by atoms with Crippen LogP contribution >= 0.6 is 24.0 Å². The molecule has 5 nitrogen and oxygen atoms in total. The number of nitrogens with two attached hydrogens (primary N) is 1. The Balaban J connectivity index is 0.00000256. The molecule has 3 aromatic rings. The van der Waals surface area contributed by atoms with Crippen molar-refractivity contribution in [3.05, 3.63) is 53.5 Å². The molecule has 0 bridgehead atoms. The summed E-state index contributed by atoms with van der Waals surface area (Å²) in [5.74, 6) is 0.0983. The van der Waals surface area contributed by atoms with Gasteiger partial charge in [0.25, 0.3) is 0 Å². The molecule has 0 spiro atoms. The van der Waals surface area contributed by atoms with Crippen molar-refractivity contribution in [3.8, 4) is 11.1 Å². The SMILES string of the molecule is CC(C)c1nc(N=S(C)(=O)C(C)C)c2cc(N)c(C=N)cc2c1-c1ccc(F)cc1.I.[HH]. The van der Waals surface area contributed by atoms with Crippen LogP contribution in [-0.2, 0) is 9.73 Å². The number of anilines is 1. The molecule has 3 rings (SSSR count). The molecule has 1 atom stereocenters. The Bertz CT molecular complexity index is 1250. The molecule has 0 aliphatic heterocycles. The monoisotopic (exact) mass is 556 g/mol. The highest BCUT2D eigenvalue weighted by Crippen LogP contribution is 2.40. The summed E-state index contributed by atoms with van der Waals surface area (Å²) < 4.78 is 31.2. The molecule has 31 heavy (non-hydrogen) atoms. The maximum Gasteiger partial charge on any atom is 0.169 e. The molecule has 0 fully saturated rings. The van der Waals surface area contributed by atoms with Gasteiger partial charge in [0, 0.05) is 41.3 Å². The highest BCUT2D eigenvalue weighted by molar-refractivity contribution is 14.0. The second-order valence-electron chi connectivity index (χ2n) is 8.03. The van der Waals surface area contributed by atoms with E-state index in [9.17, 15) is 8.60 Å². The molecular formula is C23H30FIN4OS. The fraction of sp³-hybridized carbons (Fsp3) is 0.304. The van der Waals surface area contributed by atoms with Crippen molar-refractivity contribution in [2.45, 2.75) is 38.9 Å². The minimum absolute atomic E-state index is 0. The average Bonchev–Trinajstić information content (AvgIpc) is 2.68. The van der Waals surface area contributed by atoms with Crippen LogP contribution < -0.4 is 5.73 Å². The van der Waals surface area contributed by atoms with E-state index >= 15 is 0 Å². The van der Waals surface area contributed by atoms with E-state index in [0.29, 0.717) is 22.5 Å². The largest absolute Gasteiger partial charge is 0.398 e. The van der Waals surface area contributed by atoms with Gasteiger partial charge in [-0.05, 0) is 41.1 Å². The van der Waals surface area contributed by atoms with Crippen LogP contribution in [0, 0.1) is 11.2 Å². The van der Waals surface area contributed by atoms with E-state index in [0.717, 1.165) is 22.2 Å². The molecule has 0 saturated carbocycles. The minimum atomic E-state index is -2.52. The summed E-state index contributed by atoms with van der Waals surface area (Å²) in [6.45, 7) is 7.77. The Hall–Kier alpha value is -2.07. The van der Waals surface area contributed by atoms with Gasteiger partial charge in [0.15, 0.2) is 5.82 Å². The Morgan fingerprint density at radius 2 is 1.77 bits per heavy atom. The molecule has 0 aliphatic rings. The summed E-state index contributed by atoms with van der Waals surface area (Å²) in [6.07, 6.45) is 2.83. The van der Waals surface area contributed by atoms with Gasteiger partial charge in [-0.2, -0.15) is 4.36 Å². The van der Waals surface area contributed by atoms with Crippen molar-refractivity contribution in [3.63, 3.8) is 0 Å². The van der Waals surface area contributed by atoms with Crippen LogP contribution in [0.4, 0.5) is 15.9 Å². The van der Waals surface area contributed by atoms with Crippen LogP contribution in [0.1, 0.15) is 46.3 Å². The molecule has 1 heterocycles. The van der Waals surface area contributed by atoms with Gasteiger partial charge in [0.1, 0.15) is 5.82 Å². The van der Waals surface area contributed by atoms with E-state index in [1.54, 1.807) is 24.5 Å². The lowest BCUT2D eigenvalue weighted by Gasteiger charge is -2.19. The normalized spacial score (nSPS) is 13.2. The molecule has 0 amide bonds. The van der Waals surface area contributed by atoms with Gasteiger partial charge in [-0.15, -0.1) is 24.0 Å². The van der Waals surface area contributed by atoms with E-state index in [1.807, 2.05) is 33.8 Å². The molecule has 1 aromatic heterocycles. The lowest BCUT2D eigenvalue weighted by molar-refractivity contribution is 0.628. The summed E-state index contributed by atoms with van der Waals surface area (Å²) >= 11 is 0. The molecule has 0 saturated heterocycles. The first-order chi connectivity index (χ1) is 14.0. The van der Waals surface area contributed by atoms with Crippen LogP contribution in [-0.4, -0.2) is 26.9 Å². The predicted molar refractivity (Wildman–Crippen MR) is 142 cm³/mol. The number of nitrogens with one attached hydrogen (secondary N) is 1. The number of hydrogen-bond donors (Lipinski definition) is 2. The lowest BCUT2D eigenvalue weighted by atomic mass is 9.91. The third-order valence-corrected chi connectivity index (χ3v) is 7.48. The molecule has 0 aliphatic carbocycles. The number of halogens is 2. The molecule has 0 radical (unpaired) electrons. The molecule has 168 valence electrons. The van der Waals surface area contributed by atoms with Crippen molar-refractivity contribution in [2.75, 3.05) is 12.0 Å². The minimum Gasteiger partial charge on any atom is -0.398 e. The highest BCUT2D eigenvalue weighted by Gasteiger charge is 2.20. The van der Waals surface area contributed by atoms with Gasteiger partial charge in [-0.1, -0.05) is 39.8 Å². The number of pyridine rings is 1. The van der Waals surface area contributed by atoms with Crippen molar-refractivity contribution >= 4 is 62.2 Å². The highest BCUT2D eigenvalue weighted by atomic mass is 127. The fourth-order valence-corrected chi connectivity index (χ4v) is 3.90. The third-order valence-electron chi connectivity index (χ3n) is 5.19. The topological polar surface area (TPSA) is 92.2 Å². The smallest absolute Gasteiger partial charge is 0.169 e. The zero-order chi connectivity index (χ0) is 22.2. The number of nitrogen functional groups attached to an aromatic ring is 1. The maximum absolute atomic E-state index is 13.6. The number of benzene rings is 2. The van der Waals surface area contributed by atoms with Crippen LogP contribution in [0.2, 0.25) is 0 Å². The fourth-order valence-electron chi connectivity index (χ4n) is 3.20. The molecular weight excluding hydrogens is 526 g/mol. The van der Waals surface area contributed by atoms with Gasteiger partial charge in [-0.25, -0.2) is 13.6 Å². The van der Waals surface area contributed by atoms with E-state index in [-0.39, 0.29) is 42.4 Å². The van der Waals surface area contributed by atoms with Crippen LogP contribution in [0.25, 0.3) is 21.9 Å². The number of rotatable bonds is 5. The Morgan fingerprint density at radius 1 is 1.16 bits per heavy atom. The zero-order valence-electron chi connectivity index (χ0n) is 18.3. The number of fused-ring (bicyclic) bond motifs is 1. The summed E-state index contributed by atoms with van der Waals surface area (Å²) in [7, 11) is -2.52. The first kappa shape index (κ1) is 25.2. The summed E-state index contributed by atoms with van der Waals surface area (Å²) in [4.78, 5) is 4.81. The number of aromatic nitrogens is 1. The van der Waals surface area contributed by atoms with Gasteiger partial charge >= 0.3 is 0 Å². The predicted octanol–water partition coefficient (Wildman–Crippen LogP) is 6.75. The Kier molecular flexibility index (Phi) is 7.80. The molecule has 8 heteroatoms. The quantitative estimate of drug-likeness (QED) is 0.207. The zero-order valence-corrected chi connectivity index (χ0v) is 21.4. The molecule has 1 unspecified atom stereocenters. The van der Waals surface area contributed by atoms with E-state index in [1.165, 1.54) is 18.3 Å². The van der Waals surface area contributed by atoms with Crippen LogP contribution in [0.3, 0.4) is 0 Å². The first-order valence-corrected chi connectivity index (χ1v) is 11.8. The Labute approximate surface area is 201 Å². The van der Waals surface area contributed by atoms with E-state index in [4.69, 9.17) is 16.1 Å². The van der Waals surface area contributed by atoms with Crippen molar-refractivity contribution < 1.29 is 10.0 Å². The molecule has 3 N–H and O–H groups in total. The average molecular weight is 556 g/mol. The van der Waals surface area contributed by atoms with Crippen molar-refractivity contribution in [1.29, 1.82) is 5.41 Å². The second kappa shape index (κ2) is 9.60. The standard InChI is InChI=1S/C23H27FN4OS.HI.H2/c1-13(2)22-21(15-6-8-17(24)9-7-15)18-10-16(12-25)20(26)11-19(18)23(27-22)28-30(5,29)14(3)4;;/h6-14,25H,26H2,1-5H3;2*1H. The van der Waals surface area contributed by atoms with Crippen LogP contribution in [0.5, 0.6) is 0 Å². The lowest BCUT2D eigenvalue weighted by Crippen LogP contribution is -2.11. The van der Waals surface area contributed by atoms with E-state index in [2.05, 4.69) is 4.36 Å². The van der Waals surface area contributed by atoms with Crippen LogP contribution in [0.15, 0.2) is 40.8 Å². The molecule has 2 aromatic carbocycles. The van der Waals surface area contributed by atoms with Gasteiger partial charge < -0.3 is 11.1 Å². The van der Waals surface area contributed by atoms with E-state index < -0.39 is 9.73 Å².